The fourth-order valence-corrected chi connectivity index (χ4v) is 9.86. The average molecular weight is 949 g/mol. The van der Waals surface area contributed by atoms with E-state index in [1.807, 2.05) is 92.0 Å². The Bertz CT molecular complexity index is 2180. The second-order valence-corrected chi connectivity index (χ2v) is 21.3. The third-order valence-electron chi connectivity index (χ3n) is 14.6. The van der Waals surface area contributed by atoms with E-state index in [0.29, 0.717) is 31.6 Å². The van der Waals surface area contributed by atoms with Gasteiger partial charge in [-0.15, -0.1) is 13.2 Å². The van der Waals surface area contributed by atoms with Crippen LogP contribution in [0.3, 0.4) is 0 Å². The van der Waals surface area contributed by atoms with Gasteiger partial charge in [0, 0.05) is 54.8 Å². The van der Waals surface area contributed by atoms with Gasteiger partial charge in [-0.25, -0.2) is 0 Å². The van der Waals surface area contributed by atoms with Crippen molar-refractivity contribution in [2.75, 3.05) is 0 Å². The summed E-state index contributed by atoms with van der Waals surface area (Å²) in [6.45, 7) is 29.4. The number of esters is 2. The van der Waals surface area contributed by atoms with E-state index in [-0.39, 0.29) is 54.5 Å². The molecule has 69 heavy (non-hydrogen) atoms. The molecule has 9 unspecified atom stereocenters. The van der Waals surface area contributed by atoms with Crippen LogP contribution in [-0.2, 0) is 28.7 Å². The Morgan fingerprint density at radius 1 is 0.667 bits per heavy atom. The SMILES string of the molecule is C=C(C)CCCC(C)CC(C)C(=O)C(C)C(O)CC(=O)OC1C(C)=C(c2ccc(C)cn2)CC1/C=C/[C@@H]1CC(c2ccc(C)cn2)=C(C)C1OC(=O)CCC(C)C(=O)CC(O)[C@@H](C)CCCC(=C)C. The zero-order chi connectivity index (χ0) is 51.1. The number of ether oxygens (including phenoxy) is 2. The Kier molecular flexibility index (Phi) is 22.2. The topological polar surface area (TPSA) is 153 Å². The molecule has 378 valence electrons. The van der Waals surface area contributed by atoms with Gasteiger partial charge < -0.3 is 19.7 Å². The number of ketones is 2. The molecule has 0 aromatic carbocycles. The molecule has 0 bridgehead atoms. The van der Waals surface area contributed by atoms with Gasteiger partial charge in [-0.1, -0.05) is 76.5 Å². The summed E-state index contributed by atoms with van der Waals surface area (Å²) in [4.78, 5) is 63.5. The van der Waals surface area contributed by atoms with Crippen molar-refractivity contribution in [1.82, 2.24) is 9.97 Å². The molecule has 0 radical (unpaired) electrons. The molecule has 0 saturated heterocycles. The van der Waals surface area contributed by atoms with Crippen molar-refractivity contribution in [2.24, 2.45) is 41.4 Å². The summed E-state index contributed by atoms with van der Waals surface area (Å²) in [5.74, 6) is -2.74. The van der Waals surface area contributed by atoms with E-state index in [4.69, 9.17) is 19.4 Å². The Hall–Kier alpha value is -4.80. The summed E-state index contributed by atoms with van der Waals surface area (Å²) in [6, 6.07) is 7.98. The van der Waals surface area contributed by atoms with Crippen LogP contribution < -0.4 is 0 Å². The van der Waals surface area contributed by atoms with Crippen LogP contribution in [0.1, 0.15) is 168 Å². The minimum Gasteiger partial charge on any atom is -0.457 e. The first-order valence-electron chi connectivity index (χ1n) is 25.6. The van der Waals surface area contributed by atoms with Crippen LogP contribution in [0.15, 0.2) is 84.3 Å². The minimum atomic E-state index is -1.20. The number of aliphatic hydroxyl groups excluding tert-OH is 2. The van der Waals surface area contributed by atoms with Gasteiger partial charge >= 0.3 is 11.9 Å². The summed E-state index contributed by atoms with van der Waals surface area (Å²) >= 11 is 0. The van der Waals surface area contributed by atoms with Crippen LogP contribution in [0.2, 0.25) is 0 Å². The number of hydrogen-bond donors (Lipinski definition) is 2. The number of carbonyl (C=O) groups is 4. The lowest BCUT2D eigenvalue weighted by molar-refractivity contribution is -0.152. The third kappa shape index (κ3) is 17.2. The predicted octanol–water partition coefficient (Wildman–Crippen LogP) is 12.2. The fraction of sp³-hybridized carbons (Fsp3) is 0.593. The molecular formula is C59H84N2O8. The molecule has 0 fully saturated rings. The van der Waals surface area contributed by atoms with E-state index in [9.17, 15) is 29.4 Å². The lowest BCUT2D eigenvalue weighted by Gasteiger charge is -2.25. The molecule has 10 nitrogen and oxygen atoms in total. The van der Waals surface area contributed by atoms with Gasteiger partial charge in [-0.2, -0.15) is 0 Å². The number of rotatable bonds is 28. The van der Waals surface area contributed by atoms with Crippen LogP contribution in [0, 0.1) is 55.3 Å². The molecule has 10 heteroatoms. The van der Waals surface area contributed by atoms with Gasteiger partial charge in [0.1, 0.15) is 23.8 Å². The molecule has 0 aliphatic heterocycles. The number of allylic oxidation sites excluding steroid dienone is 4. The summed E-state index contributed by atoms with van der Waals surface area (Å²) in [5.41, 5.74) is 9.66. The monoisotopic (exact) mass is 949 g/mol. The largest absolute Gasteiger partial charge is 0.457 e. The Balaban J connectivity index is 1.49. The first-order valence-corrected chi connectivity index (χ1v) is 25.6. The first kappa shape index (κ1) is 56.8. The zero-order valence-corrected chi connectivity index (χ0v) is 43.8. The predicted molar refractivity (Wildman–Crippen MR) is 277 cm³/mol. The maximum absolute atomic E-state index is 13.8. The second-order valence-electron chi connectivity index (χ2n) is 21.3. The Morgan fingerprint density at radius 2 is 1.16 bits per heavy atom. The molecule has 2 aromatic rings. The van der Waals surface area contributed by atoms with Crippen molar-refractivity contribution in [1.29, 1.82) is 0 Å². The van der Waals surface area contributed by atoms with Crippen molar-refractivity contribution in [3.05, 3.63) is 107 Å². The van der Waals surface area contributed by atoms with E-state index >= 15 is 0 Å². The highest BCUT2D eigenvalue weighted by Crippen LogP contribution is 2.43. The number of nitrogens with zero attached hydrogens (tertiary/aromatic N) is 2. The summed E-state index contributed by atoms with van der Waals surface area (Å²) in [7, 11) is 0. The highest BCUT2D eigenvalue weighted by Gasteiger charge is 2.39. The van der Waals surface area contributed by atoms with Gasteiger partial charge in [0.25, 0.3) is 0 Å². The smallest absolute Gasteiger partial charge is 0.309 e. The van der Waals surface area contributed by atoms with Crippen molar-refractivity contribution >= 4 is 34.7 Å². The summed E-state index contributed by atoms with van der Waals surface area (Å²) < 4.78 is 12.6. The molecule has 11 atom stereocenters. The lowest BCUT2D eigenvalue weighted by atomic mass is 9.84. The molecule has 2 N–H and O–H groups in total. The standard InChI is InChI=1S/C59H84N2O8/c1-35(2)16-14-18-37(5)28-42(10)57(67)45(13)54(64)32-56(66)69-59-44(12)49(51-26-21-39(7)34-61-51)30-47(59)24-23-46-29-48(50-25-20-38(6)33-60-50)43(11)58(46)68-55(65)27-22-41(9)53(63)31-52(62)40(8)19-15-17-36(3)4/h20-21,23-26,33-34,37,40-42,45-47,52,54,58-59,62,64H,1,3,14-19,22,27-32H2,2,4-13H3/b24-23+/t37?,40-,41?,42?,45?,46+,47?,52?,54?,58?,59?/m0/s1. The van der Waals surface area contributed by atoms with Gasteiger partial charge in [-0.3, -0.25) is 29.1 Å². The summed E-state index contributed by atoms with van der Waals surface area (Å²) in [5, 5.41) is 22.0. The molecule has 2 aliphatic carbocycles. The number of aryl methyl sites for hydroxylation is 2. The van der Waals surface area contributed by atoms with Crippen molar-refractivity contribution in [3.8, 4) is 0 Å². The van der Waals surface area contributed by atoms with E-state index in [1.54, 1.807) is 13.8 Å². The normalized spacial score (nSPS) is 21.4. The highest BCUT2D eigenvalue weighted by atomic mass is 16.5. The number of Topliss-reactive ketones (excluding diaryl/α,β-unsaturated/α-hetero) is 2. The minimum absolute atomic E-state index is 0.0178. The van der Waals surface area contributed by atoms with Crippen molar-refractivity contribution in [2.45, 2.75) is 184 Å². The number of aromatic nitrogens is 2. The van der Waals surface area contributed by atoms with E-state index in [2.05, 4.69) is 32.2 Å². The lowest BCUT2D eigenvalue weighted by Crippen LogP contribution is -2.34. The summed E-state index contributed by atoms with van der Waals surface area (Å²) in [6.07, 6.45) is 12.1. The maximum Gasteiger partial charge on any atom is 0.309 e. The van der Waals surface area contributed by atoms with Crippen LogP contribution in [0.5, 0.6) is 0 Å². The molecular weight excluding hydrogens is 865 g/mol. The first-order chi connectivity index (χ1) is 32.6. The molecule has 2 aromatic heterocycles. The fourth-order valence-electron chi connectivity index (χ4n) is 9.86. The number of aliphatic hydroxyl groups is 2. The average Bonchev–Trinajstić information content (AvgIpc) is 3.77. The van der Waals surface area contributed by atoms with Crippen LogP contribution in [-0.4, -0.2) is 68.1 Å². The highest BCUT2D eigenvalue weighted by molar-refractivity contribution is 5.84. The van der Waals surface area contributed by atoms with Crippen molar-refractivity contribution in [3.63, 3.8) is 0 Å². The number of hydrogen-bond acceptors (Lipinski definition) is 10. The van der Waals surface area contributed by atoms with Gasteiger partial charge in [0.05, 0.1) is 30.0 Å². The Morgan fingerprint density at radius 3 is 1.64 bits per heavy atom. The second kappa shape index (κ2) is 27.0. The van der Waals surface area contributed by atoms with Crippen LogP contribution in [0.4, 0.5) is 0 Å². The molecule has 0 saturated carbocycles. The zero-order valence-electron chi connectivity index (χ0n) is 43.8. The molecule has 0 spiro atoms. The third-order valence-corrected chi connectivity index (χ3v) is 14.6. The molecule has 4 rings (SSSR count). The van der Waals surface area contributed by atoms with Gasteiger partial charge in [0.2, 0.25) is 0 Å². The Labute approximate surface area is 414 Å². The quantitative estimate of drug-likeness (QED) is 0.0622. The van der Waals surface area contributed by atoms with Gasteiger partial charge in [0.15, 0.2) is 0 Å². The molecule has 2 heterocycles. The maximum atomic E-state index is 13.8. The van der Waals surface area contributed by atoms with Crippen LogP contribution in [0.25, 0.3) is 11.1 Å². The van der Waals surface area contributed by atoms with E-state index < -0.39 is 48.2 Å². The van der Waals surface area contributed by atoms with Crippen molar-refractivity contribution < 1.29 is 38.9 Å². The van der Waals surface area contributed by atoms with E-state index in [0.717, 1.165) is 94.5 Å². The van der Waals surface area contributed by atoms with Crippen LogP contribution >= 0.6 is 0 Å². The molecule has 2 aliphatic rings. The van der Waals surface area contributed by atoms with E-state index in [1.165, 1.54) is 0 Å². The van der Waals surface area contributed by atoms with Gasteiger partial charge in [-0.05, 0) is 157 Å². The number of carbonyl (C=O) groups excluding carboxylic acids is 4. The number of pyridine rings is 2. The molecule has 0 amide bonds.